The molecule has 0 fully saturated rings. The Morgan fingerprint density at radius 1 is 0.708 bits per heavy atom. The zero-order valence-corrected chi connectivity index (χ0v) is 16.4. The molecule has 0 aliphatic rings. The average Bonchev–Trinajstić information content (AvgIpc) is 2.59. The van der Waals surface area contributed by atoms with Gasteiger partial charge >= 0.3 is 0 Å². The minimum absolute atomic E-state index is 0.457. The molecule has 0 radical (unpaired) electrons. The second kappa shape index (κ2) is 18.3. The van der Waals surface area contributed by atoms with Crippen LogP contribution < -0.4 is 0 Å². The van der Waals surface area contributed by atoms with Crippen molar-refractivity contribution in [2.45, 2.75) is 91.4 Å². The predicted octanol–water partition coefficient (Wildman–Crippen LogP) is 6.90. The second-order valence-electron chi connectivity index (χ2n) is 6.34. The van der Waals surface area contributed by atoms with E-state index in [1.54, 1.807) is 6.07 Å². The van der Waals surface area contributed by atoms with Crippen molar-refractivity contribution in [2.75, 3.05) is 13.2 Å². The highest BCUT2D eigenvalue weighted by Crippen LogP contribution is 2.19. The summed E-state index contributed by atoms with van der Waals surface area (Å²) in [7, 11) is 0. The zero-order valence-electron chi connectivity index (χ0n) is 16.4. The lowest BCUT2D eigenvalue weighted by Crippen LogP contribution is -1.87. The molecule has 24 heavy (non-hydrogen) atoms. The fourth-order valence-corrected chi connectivity index (χ4v) is 2.73. The van der Waals surface area contributed by atoms with Gasteiger partial charge in [0, 0.05) is 13.2 Å². The van der Waals surface area contributed by atoms with Crippen molar-refractivity contribution in [1.82, 2.24) is 0 Å². The fourth-order valence-electron chi connectivity index (χ4n) is 2.73. The molecule has 2 heteroatoms. The number of phenolic OH excluding ortho intramolecular Hbond substituents is 1. The minimum atomic E-state index is 0.457. The summed E-state index contributed by atoms with van der Waals surface area (Å²) in [5.74, 6) is 0.457. The molecule has 1 rings (SSSR count). The van der Waals surface area contributed by atoms with Crippen molar-refractivity contribution in [3.05, 3.63) is 29.8 Å². The van der Waals surface area contributed by atoms with Crippen LogP contribution in [-0.2, 0) is 11.2 Å². The Hall–Kier alpha value is -1.02. The monoisotopic (exact) mass is 336 g/mol. The van der Waals surface area contributed by atoms with Crippen LogP contribution in [0.3, 0.4) is 0 Å². The number of ether oxygens (including phenoxy) is 1. The van der Waals surface area contributed by atoms with Gasteiger partial charge in [0.05, 0.1) is 0 Å². The molecule has 0 spiro atoms. The van der Waals surface area contributed by atoms with Gasteiger partial charge in [0.2, 0.25) is 0 Å². The first-order valence-electron chi connectivity index (χ1n) is 10.1. The number of phenols is 1. The standard InChI is InChI=1S/C18H30O.C4H10O/c1-2-3-4-5-6-7-8-9-10-11-14-17-15-12-13-16-18(17)19;1-3-5-4-2/h12-13,15-16,19H,2-11,14H2,1H3;3-4H2,1-2H3. The molecular formula is C22H40O2. The Morgan fingerprint density at radius 3 is 1.67 bits per heavy atom. The smallest absolute Gasteiger partial charge is 0.118 e. The van der Waals surface area contributed by atoms with Crippen LogP contribution in [-0.4, -0.2) is 18.3 Å². The highest BCUT2D eigenvalue weighted by Gasteiger charge is 1.99. The summed E-state index contributed by atoms with van der Waals surface area (Å²) < 4.78 is 4.83. The maximum Gasteiger partial charge on any atom is 0.118 e. The van der Waals surface area contributed by atoms with Gasteiger partial charge in [0.1, 0.15) is 5.75 Å². The molecule has 1 N–H and O–H groups in total. The van der Waals surface area contributed by atoms with E-state index in [0.29, 0.717) is 5.75 Å². The molecule has 0 unspecified atom stereocenters. The van der Waals surface area contributed by atoms with Gasteiger partial charge in [-0.1, -0.05) is 82.9 Å². The van der Waals surface area contributed by atoms with E-state index in [4.69, 9.17) is 4.74 Å². The summed E-state index contributed by atoms with van der Waals surface area (Å²) in [5, 5.41) is 9.65. The van der Waals surface area contributed by atoms with Crippen molar-refractivity contribution in [2.24, 2.45) is 0 Å². The average molecular weight is 337 g/mol. The molecular weight excluding hydrogens is 296 g/mol. The number of hydrogen-bond acceptors (Lipinski definition) is 2. The molecule has 0 atom stereocenters. The normalized spacial score (nSPS) is 10.3. The Labute approximate surface area is 150 Å². The minimum Gasteiger partial charge on any atom is -0.508 e. The first-order valence-corrected chi connectivity index (χ1v) is 10.1. The summed E-state index contributed by atoms with van der Waals surface area (Å²) in [6.07, 6.45) is 14.6. The number of para-hydroxylation sites is 1. The maximum atomic E-state index is 9.65. The Balaban J connectivity index is 0.000000922. The lowest BCUT2D eigenvalue weighted by atomic mass is 10.0. The molecule has 1 aromatic rings. The molecule has 0 saturated carbocycles. The third-order valence-corrected chi connectivity index (χ3v) is 4.20. The van der Waals surface area contributed by atoms with Crippen LogP contribution >= 0.6 is 0 Å². The van der Waals surface area contributed by atoms with Crippen molar-refractivity contribution in [3.8, 4) is 5.75 Å². The van der Waals surface area contributed by atoms with Crippen molar-refractivity contribution < 1.29 is 9.84 Å². The first-order chi connectivity index (χ1) is 11.8. The van der Waals surface area contributed by atoms with Gasteiger partial charge in [-0.05, 0) is 38.3 Å². The van der Waals surface area contributed by atoms with E-state index in [-0.39, 0.29) is 0 Å². The maximum absolute atomic E-state index is 9.65. The van der Waals surface area contributed by atoms with Gasteiger partial charge in [-0.3, -0.25) is 0 Å². The Kier molecular flexibility index (Phi) is 17.5. The summed E-state index contributed by atoms with van der Waals surface area (Å²) in [4.78, 5) is 0. The van der Waals surface area contributed by atoms with E-state index in [2.05, 4.69) is 6.92 Å². The lowest BCUT2D eigenvalue weighted by Gasteiger charge is -2.04. The quantitative estimate of drug-likeness (QED) is 0.397. The second-order valence-corrected chi connectivity index (χ2v) is 6.34. The first kappa shape index (κ1) is 23.0. The number of aromatic hydroxyl groups is 1. The van der Waals surface area contributed by atoms with E-state index < -0.39 is 0 Å². The van der Waals surface area contributed by atoms with Gasteiger partial charge in [0.15, 0.2) is 0 Å². The highest BCUT2D eigenvalue weighted by atomic mass is 16.5. The SMILES string of the molecule is CCCCCCCCCCCCc1ccccc1O.CCOCC. The molecule has 0 amide bonds. The van der Waals surface area contributed by atoms with Crippen molar-refractivity contribution in [1.29, 1.82) is 0 Å². The van der Waals surface area contributed by atoms with Gasteiger partial charge < -0.3 is 9.84 Å². The van der Waals surface area contributed by atoms with Gasteiger partial charge in [-0.25, -0.2) is 0 Å². The highest BCUT2D eigenvalue weighted by molar-refractivity contribution is 5.31. The third-order valence-electron chi connectivity index (χ3n) is 4.20. The number of unbranched alkanes of at least 4 members (excludes halogenated alkanes) is 9. The third kappa shape index (κ3) is 14.6. The largest absolute Gasteiger partial charge is 0.508 e. The zero-order chi connectivity index (χ0) is 17.9. The fraction of sp³-hybridized carbons (Fsp3) is 0.727. The van der Waals surface area contributed by atoms with E-state index in [1.807, 2.05) is 32.0 Å². The van der Waals surface area contributed by atoms with Gasteiger partial charge in [-0.2, -0.15) is 0 Å². The van der Waals surface area contributed by atoms with Crippen molar-refractivity contribution in [3.63, 3.8) is 0 Å². The molecule has 0 bridgehead atoms. The van der Waals surface area contributed by atoms with Gasteiger partial charge in [0.25, 0.3) is 0 Å². The van der Waals surface area contributed by atoms with E-state index in [0.717, 1.165) is 25.2 Å². The van der Waals surface area contributed by atoms with Crippen LogP contribution in [0.2, 0.25) is 0 Å². The molecule has 0 saturated heterocycles. The molecule has 1 aromatic carbocycles. The number of rotatable bonds is 13. The number of benzene rings is 1. The van der Waals surface area contributed by atoms with E-state index >= 15 is 0 Å². The number of aryl methyl sites for hydroxylation is 1. The van der Waals surface area contributed by atoms with Crippen LogP contribution in [0.15, 0.2) is 24.3 Å². The van der Waals surface area contributed by atoms with Crippen LogP contribution in [0.1, 0.15) is 90.5 Å². The molecule has 0 aromatic heterocycles. The Morgan fingerprint density at radius 2 is 1.21 bits per heavy atom. The van der Waals surface area contributed by atoms with Crippen LogP contribution in [0.25, 0.3) is 0 Å². The summed E-state index contributed by atoms with van der Waals surface area (Å²) in [6.45, 7) is 7.94. The summed E-state index contributed by atoms with van der Waals surface area (Å²) >= 11 is 0. The lowest BCUT2D eigenvalue weighted by molar-refractivity contribution is 0.162. The molecule has 0 aliphatic carbocycles. The topological polar surface area (TPSA) is 29.5 Å². The summed E-state index contributed by atoms with van der Waals surface area (Å²) in [5.41, 5.74) is 1.10. The van der Waals surface area contributed by atoms with E-state index in [1.165, 1.54) is 64.2 Å². The van der Waals surface area contributed by atoms with Crippen LogP contribution in [0.5, 0.6) is 5.75 Å². The molecule has 140 valence electrons. The van der Waals surface area contributed by atoms with Crippen LogP contribution in [0, 0.1) is 0 Å². The predicted molar refractivity (Wildman–Crippen MR) is 106 cm³/mol. The summed E-state index contributed by atoms with van der Waals surface area (Å²) in [6, 6.07) is 7.71. The molecule has 0 heterocycles. The van der Waals surface area contributed by atoms with Crippen LogP contribution in [0.4, 0.5) is 0 Å². The van der Waals surface area contributed by atoms with E-state index in [9.17, 15) is 5.11 Å². The van der Waals surface area contributed by atoms with Crippen molar-refractivity contribution >= 4 is 0 Å². The number of hydrogen-bond donors (Lipinski definition) is 1. The molecule has 0 aliphatic heterocycles. The van der Waals surface area contributed by atoms with Gasteiger partial charge in [-0.15, -0.1) is 0 Å². The molecule has 2 nitrogen and oxygen atoms in total. The Bertz CT molecular complexity index is 361.